The molecule has 1 fully saturated rings. The Kier molecular flexibility index (Phi) is 4.73. The third-order valence-electron chi connectivity index (χ3n) is 3.70. The third-order valence-corrected chi connectivity index (χ3v) is 3.70. The van der Waals surface area contributed by atoms with Crippen LogP contribution in [-0.2, 0) is 6.54 Å². The van der Waals surface area contributed by atoms with Gasteiger partial charge in [-0.15, -0.1) is 0 Å². The first-order valence-corrected chi connectivity index (χ1v) is 6.77. The molecule has 2 N–H and O–H groups in total. The number of nitrogens with two attached hydrogens (primary N) is 1. The number of benzene rings is 1. The summed E-state index contributed by atoms with van der Waals surface area (Å²) < 4.78 is 27.1. The molecule has 2 rings (SSSR count). The zero-order chi connectivity index (χ0) is 14.7. The van der Waals surface area contributed by atoms with Gasteiger partial charge in [0.2, 0.25) is 0 Å². The maximum absolute atomic E-state index is 14.2. The van der Waals surface area contributed by atoms with E-state index >= 15 is 0 Å². The maximum Gasteiger partial charge on any atom is 0.134 e. The highest BCUT2D eigenvalue weighted by molar-refractivity contribution is 5.17. The molecule has 0 amide bonds. The molecule has 0 spiro atoms. The first-order valence-electron chi connectivity index (χ1n) is 6.77. The Morgan fingerprint density at radius 3 is 2.65 bits per heavy atom. The van der Waals surface area contributed by atoms with E-state index in [2.05, 4.69) is 6.58 Å². The molecule has 0 radical (unpaired) electrons. The fourth-order valence-corrected chi connectivity index (χ4v) is 2.59. The lowest BCUT2D eigenvalue weighted by molar-refractivity contribution is 0.0473. The van der Waals surface area contributed by atoms with Crippen molar-refractivity contribution in [2.75, 3.05) is 13.1 Å². The summed E-state index contributed by atoms with van der Waals surface area (Å²) in [6, 6.07) is 6.05. The second kappa shape index (κ2) is 6.33. The van der Waals surface area contributed by atoms with Gasteiger partial charge in [0.1, 0.15) is 12.0 Å². The zero-order valence-electron chi connectivity index (χ0n) is 11.7. The summed E-state index contributed by atoms with van der Waals surface area (Å²) >= 11 is 0. The van der Waals surface area contributed by atoms with Crippen LogP contribution in [-0.4, -0.2) is 35.2 Å². The predicted octanol–water partition coefficient (Wildman–Crippen LogP) is 2.45. The zero-order valence-corrected chi connectivity index (χ0v) is 11.7. The van der Waals surface area contributed by atoms with Crippen LogP contribution in [0.3, 0.4) is 0 Å². The van der Waals surface area contributed by atoms with Crippen molar-refractivity contribution >= 4 is 0 Å². The molecular formula is C15H21F2N3. The topological polar surface area (TPSA) is 32.5 Å². The highest BCUT2D eigenvalue weighted by atomic mass is 19.1. The number of piperidine rings is 1. The van der Waals surface area contributed by atoms with Crippen molar-refractivity contribution in [2.45, 2.75) is 32.1 Å². The first kappa shape index (κ1) is 14.9. The standard InChI is InChI=1S/C15H21F2N3/c1-11(2)20(9-12-3-5-13(16)6-4-12)15-7-8-19(18)10-14(15)17/h3-6,14-15H,1,7-10,18H2,2H3. The van der Waals surface area contributed by atoms with Crippen LogP contribution in [0.4, 0.5) is 8.78 Å². The van der Waals surface area contributed by atoms with Crippen LogP contribution in [0.1, 0.15) is 18.9 Å². The Balaban J connectivity index is 2.11. The molecule has 2 unspecified atom stereocenters. The molecule has 0 aromatic heterocycles. The molecule has 1 aliphatic heterocycles. The van der Waals surface area contributed by atoms with E-state index in [1.54, 1.807) is 12.1 Å². The van der Waals surface area contributed by atoms with Crippen LogP contribution in [0.2, 0.25) is 0 Å². The number of halogens is 2. The van der Waals surface area contributed by atoms with Crippen LogP contribution >= 0.6 is 0 Å². The van der Waals surface area contributed by atoms with Crippen LogP contribution in [0, 0.1) is 5.82 Å². The minimum Gasteiger partial charge on any atom is -0.365 e. The summed E-state index contributed by atoms with van der Waals surface area (Å²) in [6.07, 6.45) is -0.350. The Bertz CT molecular complexity index is 461. The molecule has 0 saturated carbocycles. The van der Waals surface area contributed by atoms with Crippen molar-refractivity contribution in [3.05, 3.63) is 47.9 Å². The summed E-state index contributed by atoms with van der Waals surface area (Å²) in [7, 11) is 0. The summed E-state index contributed by atoms with van der Waals surface area (Å²) in [5.41, 5.74) is 1.75. The highest BCUT2D eigenvalue weighted by Gasteiger charge is 2.32. The predicted molar refractivity (Wildman–Crippen MR) is 75.8 cm³/mol. The van der Waals surface area contributed by atoms with Gasteiger partial charge in [-0.05, 0) is 31.0 Å². The van der Waals surface area contributed by atoms with Gasteiger partial charge < -0.3 is 4.90 Å². The smallest absolute Gasteiger partial charge is 0.134 e. The Morgan fingerprint density at radius 1 is 1.45 bits per heavy atom. The van der Waals surface area contributed by atoms with Crippen molar-refractivity contribution in [1.82, 2.24) is 9.91 Å². The van der Waals surface area contributed by atoms with Crippen molar-refractivity contribution in [1.29, 1.82) is 0 Å². The van der Waals surface area contributed by atoms with Gasteiger partial charge in [0.25, 0.3) is 0 Å². The molecule has 1 saturated heterocycles. The average Bonchev–Trinajstić information content (AvgIpc) is 2.39. The van der Waals surface area contributed by atoms with E-state index in [4.69, 9.17) is 5.84 Å². The van der Waals surface area contributed by atoms with Crippen molar-refractivity contribution in [3.63, 3.8) is 0 Å². The molecule has 1 heterocycles. The lowest BCUT2D eigenvalue weighted by Gasteiger charge is -2.40. The van der Waals surface area contributed by atoms with E-state index in [0.717, 1.165) is 11.3 Å². The minimum atomic E-state index is -1.01. The first-order chi connectivity index (χ1) is 9.47. The second-order valence-corrected chi connectivity index (χ2v) is 5.36. The average molecular weight is 281 g/mol. The number of hydrogen-bond donors (Lipinski definition) is 1. The summed E-state index contributed by atoms with van der Waals surface area (Å²) in [6.45, 7) is 7.24. The molecule has 5 heteroatoms. The molecule has 1 aromatic rings. The van der Waals surface area contributed by atoms with Gasteiger partial charge in [-0.25, -0.2) is 13.8 Å². The quantitative estimate of drug-likeness (QED) is 0.860. The largest absolute Gasteiger partial charge is 0.365 e. The molecule has 20 heavy (non-hydrogen) atoms. The Labute approximate surface area is 118 Å². The Morgan fingerprint density at radius 2 is 2.10 bits per heavy atom. The molecule has 1 aliphatic rings. The van der Waals surface area contributed by atoms with Crippen LogP contribution in [0.15, 0.2) is 36.5 Å². The van der Waals surface area contributed by atoms with E-state index in [-0.39, 0.29) is 18.4 Å². The molecule has 0 bridgehead atoms. The normalized spacial score (nSPS) is 23.6. The minimum absolute atomic E-state index is 0.225. The summed E-state index contributed by atoms with van der Waals surface area (Å²) in [5.74, 6) is 5.38. The maximum atomic E-state index is 14.2. The van der Waals surface area contributed by atoms with Gasteiger partial charge in [0.05, 0.1) is 6.04 Å². The van der Waals surface area contributed by atoms with Gasteiger partial charge in [-0.2, -0.15) is 0 Å². The number of hydrogen-bond acceptors (Lipinski definition) is 3. The fourth-order valence-electron chi connectivity index (χ4n) is 2.59. The molecule has 110 valence electrons. The van der Waals surface area contributed by atoms with Gasteiger partial charge >= 0.3 is 0 Å². The van der Waals surface area contributed by atoms with Gasteiger partial charge in [-0.1, -0.05) is 18.7 Å². The number of alkyl halides is 1. The van der Waals surface area contributed by atoms with Gasteiger partial charge in [0, 0.05) is 25.3 Å². The molecular weight excluding hydrogens is 260 g/mol. The summed E-state index contributed by atoms with van der Waals surface area (Å²) in [4.78, 5) is 1.95. The lowest BCUT2D eigenvalue weighted by atomic mass is 10.0. The lowest BCUT2D eigenvalue weighted by Crippen LogP contribution is -2.53. The van der Waals surface area contributed by atoms with Crippen molar-refractivity contribution in [2.24, 2.45) is 5.84 Å². The van der Waals surface area contributed by atoms with Gasteiger partial charge in [0.15, 0.2) is 0 Å². The monoisotopic (exact) mass is 281 g/mol. The number of allylic oxidation sites excluding steroid dienone is 1. The number of rotatable bonds is 4. The van der Waals surface area contributed by atoms with E-state index < -0.39 is 6.17 Å². The number of hydrazine groups is 1. The van der Waals surface area contributed by atoms with Crippen LogP contribution in [0.25, 0.3) is 0 Å². The van der Waals surface area contributed by atoms with E-state index in [1.807, 2.05) is 11.8 Å². The SMILES string of the molecule is C=C(C)N(Cc1ccc(F)cc1)C1CCN(N)CC1F. The van der Waals surface area contributed by atoms with Crippen molar-refractivity contribution in [3.8, 4) is 0 Å². The van der Waals surface area contributed by atoms with Crippen LogP contribution in [0.5, 0.6) is 0 Å². The summed E-state index contributed by atoms with van der Waals surface area (Å²) in [5, 5.41) is 1.51. The van der Waals surface area contributed by atoms with E-state index in [0.29, 0.717) is 19.5 Å². The third kappa shape index (κ3) is 3.55. The van der Waals surface area contributed by atoms with E-state index in [1.165, 1.54) is 17.1 Å². The fraction of sp³-hybridized carbons (Fsp3) is 0.467. The van der Waals surface area contributed by atoms with Crippen LogP contribution < -0.4 is 5.84 Å². The molecule has 0 aliphatic carbocycles. The highest BCUT2D eigenvalue weighted by Crippen LogP contribution is 2.23. The van der Waals surface area contributed by atoms with Gasteiger partial charge in [-0.3, -0.25) is 5.84 Å². The van der Waals surface area contributed by atoms with E-state index in [9.17, 15) is 8.78 Å². The van der Waals surface area contributed by atoms with Crippen molar-refractivity contribution < 1.29 is 8.78 Å². The molecule has 3 nitrogen and oxygen atoms in total. The number of nitrogens with zero attached hydrogens (tertiary/aromatic N) is 2. The molecule has 2 atom stereocenters. The second-order valence-electron chi connectivity index (χ2n) is 5.36. The molecule has 1 aromatic carbocycles. The Hall–Kier alpha value is -1.46.